The van der Waals surface area contributed by atoms with Gasteiger partial charge in [0.1, 0.15) is 11.6 Å². The summed E-state index contributed by atoms with van der Waals surface area (Å²) in [7, 11) is 3.92. The molecule has 1 aromatic heterocycles. The number of aromatic nitrogens is 1. The zero-order valence-corrected chi connectivity index (χ0v) is 12.2. The number of nitriles is 1. The van der Waals surface area contributed by atoms with Crippen LogP contribution in [0.5, 0.6) is 0 Å². The van der Waals surface area contributed by atoms with Crippen LogP contribution in [0, 0.1) is 11.3 Å². The van der Waals surface area contributed by atoms with Crippen LogP contribution in [0.2, 0.25) is 0 Å². The molecule has 0 amide bonds. The fourth-order valence-corrected chi connectivity index (χ4v) is 2.50. The molecule has 0 saturated heterocycles. The van der Waals surface area contributed by atoms with E-state index in [1.54, 1.807) is 6.07 Å². The standard InChI is InChI=1S/C14H12BrN3O/c1-18(2)13-6-4-9(7-11(13)15)12-5-3-10(8-16)14(19)17-12/h3-7H,1-2H3,(H,17,19). The topological polar surface area (TPSA) is 59.9 Å². The lowest BCUT2D eigenvalue weighted by molar-refractivity contribution is 1.12. The number of aromatic amines is 1. The largest absolute Gasteiger partial charge is 0.377 e. The van der Waals surface area contributed by atoms with Gasteiger partial charge >= 0.3 is 0 Å². The number of nitrogens with one attached hydrogen (secondary N) is 1. The number of anilines is 1. The van der Waals surface area contributed by atoms with Gasteiger partial charge in [0.25, 0.3) is 5.56 Å². The van der Waals surface area contributed by atoms with E-state index in [1.165, 1.54) is 6.07 Å². The second kappa shape index (κ2) is 5.29. The molecular formula is C14H12BrN3O. The molecule has 0 saturated carbocycles. The third-order valence-corrected chi connectivity index (χ3v) is 3.41. The molecule has 0 radical (unpaired) electrons. The van der Waals surface area contributed by atoms with E-state index in [4.69, 9.17) is 5.26 Å². The van der Waals surface area contributed by atoms with Gasteiger partial charge in [-0.05, 0) is 45.8 Å². The Bertz CT molecular complexity index is 713. The van der Waals surface area contributed by atoms with Gasteiger partial charge in [-0.1, -0.05) is 6.07 Å². The van der Waals surface area contributed by atoms with E-state index in [0.717, 1.165) is 15.7 Å². The molecule has 0 spiro atoms. The molecule has 1 N–H and O–H groups in total. The summed E-state index contributed by atoms with van der Waals surface area (Å²) in [5.41, 5.74) is 2.38. The highest BCUT2D eigenvalue weighted by molar-refractivity contribution is 9.10. The van der Waals surface area contributed by atoms with Crippen molar-refractivity contribution in [3.63, 3.8) is 0 Å². The van der Waals surface area contributed by atoms with Crippen molar-refractivity contribution in [1.29, 1.82) is 5.26 Å². The maximum atomic E-state index is 11.6. The van der Waals surface area contributed by atoms with E-state index in [2.05, 4.69) is 20.9 Å². The van der Waals surface area contributed by atoms with Crippen molar-refractivity contribution in [3.8, 4) is 17.3 Å². The maximum absolute atomic E-state index is 11.6. The van der Waals surface area contributed by atoms with Crippen molar-refractivity contribution in [2.75, 3.05) is 19.0 Å². The summed E-state index contributed by atoms with van der Waals surface area (Å²) >= 11 is 3.51. The lowest BCUT2D eigenvalue weighted by Crippen LogP contribution is -2.11. The number of rotatable bonds is 2. The first-order chi connectivity index (χ1) is 9.02. The van der Waals surface area contributed by atoms with Gasteiger partial charge in [-0.3, -0.25) is 4.79 Å². The molecule has 1 aromatic carbocycles. The van der Waals surface area contributed by atoms with Gasteiger partial charge < -0.3 is 9.88 Å². The predicted molar refractivity (Wildman–Crippen MR) is 79.2 cm³/mol. The first-order valence-corrected chi connectivity index (χ1v) is 6.43. The Labute approximate surface area is 119 Å². The SMILES string of the molecule is CN(C)c1ccc(-c2ccc(C#N)c(=O)[nH]2)cc1Br. The van der Waals surface area contributed by atoms with E-state index in [1.807, 2.05) is 43.3 Å². The minimum absolute atomic E-state index is 0.118. The molecule has 0 fully saturated rings. The first kappa shape index (κ1) is 13.4. The Morgan fingerprint density at radius 2 is 2.00 bits per heavy atom. The Morgan fingerprint density at radius 3 is 2.53 bits per heavy atom. The van der Waals surface area contributed by atoms with Crippen LogP contribution in [-0.2, 0) is 0 Å². The van der Waals surface area contributed by atoms with E-state index < -0.39 is 0 Å². The van der Waals surface area contributed by atoms with Crippen molar-refractivity contribution < 1.29 is 0 Å². The molecule has 0 aliphatic carbocycles. The average Bonchev–Trinajstić information content (AvgIpc) is 2.38. The molecule has 96 valence electrons. The van der Waals surface area contributed by atoms with Crippen LogP contribution in [-0.4, -0.2) is 19.1 Å². The summed E-state index contributed by atoms with van der Waals surface area (Å²) in [5.74, 6) is 0. The van der Waals surface area contributed by atoms with Gasteiger partial charge in [0, 0.05) is 24.3 Å². The van der Waals surface area contributed by atoms with Crippen LogP contribution in [0.4, 0.5) is 5.69 Å². The van der Waals surface area contributed by atoms with E-state index >= 15 is 0 Å². The molecule has 0 aliphatic heterocycles. The first-order valence-electron chi connectivity index (χ1n) is 5.63. The number of pyridine rings is 1. The van der Waals surface area contributed by atoms with Crippen LogP contribution in [0.3, 0.4) is 0 Å². The molecule has 0 bridgehead atoms. The number of halogens is 1. The highest BCUT2D eigenvalue weighted by Crippen LogP contribution is 2.29. The van der Waals surface area contributed by atoms with Crippen LogP contribution >= 0.6 is 15.9 Å². The van der Waals surface area contributed by atoms with E-state index in [0.29, 0.717) is 5.69 Å². The van der Waals surface area contributed by atoms with Crippen LogP contribution in [0.1, 0.15) is 5.56 Å². The molecule has 5 heteroatoms. The molecule has 0 aliphatic rings. The second-order valence-corrected chi connectivity index (χ2v) is 5.14. The minimum atomic E-state index is -0.368. The quantitative estimate of drug-likeness (QED) is 0.926. The molecule has 2 aromatic rings. The summed E-state index contributed by atoms with van der Waals surface area (Å²) < 4.78 is 0.945. The second-order valence-electron chi connectivity index (χ2n) is 4.29. The zero-order valence-electron chi connectivity index (χ0n) is 10.6. The van der Waals surface area contributed by atoms with Crippen LogP contribution in [0.25, 0.3) is 11.3 Å². The summed E-state index contributed by atoms with van der Waals surface area (Å²) in [5, 5.41) is 8.74. The number of nitrogens with zero attached hydrogens (tertiary/aromatic N) is 2. The average molecular weight is 318 g/mol. The lowest BCUT2D eigenvalue weighted by atomic mass is 10.1. The van der Waals surface area contributed by atoms with Gasteiger partial charge in [0.2, 0.25) is 0 Å². The summed E-state index contributed by atoms with van der Waals surface area (Å²) in [4.78, 5) is 16.3. The van der Waals surface area contributed by atoms with Crippen molar-refractivity contribution in [1.82, 2.24) is 4.98 Å². The number of benzene rings is 1. The van der Waals surface area contributed by atoms with Gasteiger partial charge in [-0.25, -0.2) is 0 Å². The Hall–Kier alpha value is -2.06. The predicted octanol–water partition coefficient (Wildman–Crippen LogP) is 2.74. The molecule has 0 unspecified atom stereocenters. The summed E-state index contributed by atoms with van der Waals surface area (Å²) in [6.45, 7) is 0. The minimum Gasteiger partial charge on any atom is -0.377 e. The van der Waals surface area contributed by atoms with Crippen molar-refractivity contribution in [2.24, 2.45) is 0 Å². The van der Waals surface area contributed by atoms with Crippen LogP contribution < -0.4 is 10.5 Å². The molecule has 1 heterocycles. The number of H-pyrrole nitrogens is 1. The van der Waals surface area contributed by atoms with Gasteiger partial charge in [0.05, 0.1) is 5.69 Å². The zero-order chi connectivity index (χ0) is 14.0. The van der Waals surface area contributed by atoms with Crippen molar-refractivity contribution >= 4 is 21.6 Å². The van der Waals surface area contributed by atoms with Crippen molar-refractivity contribution in [2.45, 2.75) is 0 Å². The monoisotopic (exact) mass is 317 g/mol. The Morgan fingerprint density at radius 1 is 1.26 bits per heavy atom. The van der Waals surface area contributed by atoms with Gasteiger partial charge in [-0.15, -0.1) is 0 Å². The Balaban J connectivity index is 2.49. The van der Waals surface area contributed by atoms with E-state index in [9.17, 15) is 4.79 Å². The normalized spacial score (nSPS) is 10.0. The van der Waals surface area contributed by atoms with Crippen LogP contribution in [0.15, 0.2) is 39.6 Å². The molecular weight excluding hydrogens is 306 g/mol. The molecule has 4 nitrogen and oxygen atoms in total. The van der Waals surface area contributed by atoms with Crippen molar-refractivity contribution in [3.05, 3.63) is 50.7 Å². The summed E-state index contributed by atoms with van der Waals surface area (Å²) in [6, 6.07) is 10.9. The third-order valence-electron chi connectivity index (χ3n) is 2.77. The Kier molecular flexibility index (Phi) is 3.72. The van der Waals surface area contributed by atoms with Gasteiger partial charge in [0.15, 0.2) is 0 Å². The third kappa shape index (κ3) is 2.69. The highest BCUT2D eigenvalue weighted by atomic mass is 79.9. The molecule has 0 atom stereocenters. The molecule has 2 rings (SSSR count). The summed E-state index contributed by atoms with van der Waals surface area (Å²) in [6.07, 6.45) is 0. The fourth-order valence-electron chi connectivity index (χ4n) is 1.77. The lowest BCUT2D eigenvalue weighted by Gasteiger charge is -2.15. The smallest absolute Gasteiger partial charge is 0.266 e. The van der Waals surface area contributed by atoms with E-state index in [-0.39, 0.29) is 11.1 Å². The molecule has 19 heavy (non-hydrogen) atoms. The maximum Gasteiger partial charge on any atom is 0.266 e. The number of hydrogen-bond donors (Lipinski definition) is 1. The number of hydrogen-bond acceptors (Lipinski definition) is 3. The van der Waals surface area contributed by atoms with Gasteiger partial charge in [-0.2, -0.15) is 5.26 Å². The fraction of sp³-hybridized carbons (Fsp3) is 0.143. The highest BCUT2D eigenvalue weighted by Gasteiger charge is 2.06.